The van der Waals surface area contributed by atoms with Crippen molar-refractivity contribution in [3.8, 4) is 11.5 Å². The summed E-state index contributed by atoms with van der Waals surface area (Å²) in [7, 11) is 0. The van der Waals surface area contributed by atoms with E-state index in [4.69, 9.17) is 10.3 Å². The third-order valence-electron chi connectivity index (χ3n) is 2.44. The molecule has 2 N–H and O–H groups in total. The zero-order chi connectivity index (χ0) is 12.3. The van der Waals surface area contributed by atoms with Gasteiger partial charge in [-0.1, -0.05) is 40.5 Å². The van der Waals surface area contributed by atoms with Crippen LogP contribution in [0.2, 0.25) is 0 Å². The van der Waals surface area contributed by atoms with Crippen LogP contribution < -0.4 is 5.73 Å². The highest BCUT2D eigenvalue weighted by molar-refractivity contribution is 9.10. The molecule has 1 heterocycles. The molecular weight excluding hydrogens is 282 g/mol. The monoisotopic (exact) mass is 295 g/mol. The number of aromatic nitrogens is 2. The number of halogens is 1. The minimum atomic E-state index is -0.148. The second-order valence-electron chi connectivity index (χ2n) is 3.86. The summed E-state index contributed by atoms with van der Waals surface area (Å²) in [5.74, 6) is 1.08. The van der Waals surface area contributed by atoms with Crippen molar-refractivity contribution in [2.24, 2.45) is 5.73 Å². The first kappa shape index (κ1) is 12.3. The number of hydrogen-bond acceptors (Lipinski definition) is 4. The van der Waals surface area contributed by atoms with Crippen molar-refractivity contribution in [2.45, 2.75) is 25.8 Å². The van der Waals surface area contributed by atoms with Gasteiger partial charge in [0.15, 0.2) is 5.82 Å². The van der Waals surface area contributed by atoms with Crippen LogP contribution in [0.15, 0.2) is 33.3 Å². The Balaban J connectivity index is 2.23. The molecule has 5 heteroatoms. The minimum absolute atomic E-state index is 0.148. The summed E-state index contributed by atoms with van der Waals surface area (Å²) in [5, 5.41) is 3.91. The standard InChI is InChI=1S/C12H14BrN3O/c1-2-4-10(14)11-15-12(17-16-11)8-5-3-6-9(13)7-8/h3,5-7,10H,2,4,14H2,1H3. The van der Waals surface area contributed by atoms with Gasteiger partial charge in [-0.2, -0.15) is 4.98 Å². The van der Waals surface area contributed by atoms with E-state index < -0.39 is 0 Å². The molecule has 4 nitrogen and oxygen atoms in total. The Morgan fingerprint density at radius 1 is 1.47 bits per heavy atom. The fraction of sp³-hybridized carbons (Fsp3) is 0.333. The van der Waals surface area contributed by atoms with Crippen molar-refractivity contribution in [1.29, 1.82) is 0 Å². The average molecular weight is 296 g/mol. The van der Waals surface area contributed by atoms with Gasteiger partial charge in [-0.25, -0.2) is 0 Å². The topological polar surface area (TPSA) is 64.9 Å². The number of nitrogens with zero attached hydrogens (tertiary/aromatic N) is 2. The second kappa shape index (κ2) is 5.42. The Bertz CT molecular complexity index is 498. The lowest BCUT2D eigenvalue weighted by molar-refractivity contribution is 0.413. The smallest absolute Gasteiger partial charge is 0.258 e. The predicted molar refractivity (Wildman–Crippen MR) is 69.3 cm³/mol. The molecule has 2 aromatic rings. The van der Waals surface area contributed by atoms with Gasteiger partial charge in [-0.3, -0.25) is 0 Å². The Hall–Kier alpha value is -1.20. The van der Waals surface area contributed by atoms with Gasteiger partial charge in [-0.15, -0.1) is 0 Å². The maximum Gasteiger partial charge on any atom is 0.258 e. The molecule has 0 aliphatic carbocycles. The number of nitrogens with two attached hydrogens (primary N) is 1. The predicted octanol–water partition coefficient (Wildman–Crippen LogP) is 3.30. The molecule has 1 unspecified atom stereocenters. The van der Waals surface area contributed by atoms with Crippen LogP contribution in [0.3, 0.4) is 0 Å². The highest BCUT2D eigenvalue weighted by Crippen LogP contribution is 2.23. The van der Waals surface area contributed by atoms with Crippen molar-refractivity contribution in [3.63, 3.8) is 0 Å². The van der Waals surface area contributed by atoms with Crippen LogP contribution in [-0.4, -0.2) is 10.1 Å². The summed E-state index contributed by atoms with van der Waals surface area (Å²) in [5.41, 5.74) is 6.82. The molecule has 0 saturated carbocycles. The zero-order valence-corrected chi connectivity index (χ0v) is 11.1. The van der Waals surface area contributed by atoms with E-state index in [1.54, 1.807) is 0 Å². The SMILES string of the molecule is CCCC(N)c1noc(-c2cccc(Br)c2)n1. The van der Waals surface area contributed by atoms with Crippen LogP contribution in [0.1, 0.15) is 31.6 Å². The molecule has 1 atom stereocenters. The van der Waals surface area contributed by atoms with Crippen LogP contribution >= 0.6 is 15.9 Å². The third kappa shape index (κ3) is 2.92. The highest BCUT2D eigenvalue weighted by Gasteiger charge is 2.14. The molecule has 2 rings (SSSR count). The van der Waals surface area contributed by atoms with E-state index in [0.717, 1.165) is 22.9 Å². The molecule has 0 bridgehead atoms. The van der Waals surface area contributed by atoms with Gasteiger partial charge in [0.2, 0.25) is 0 Å². The maximum absolute atomic E-state index is 5.93. The van der Waals surface area contributed by atoms with Gasteiger partial charge in [0, 0.05) is 10.0 Å². The average Bonchev–Trinajstić information content (AvgIpc) is 2.78. The summed E-state index contributed by atoms with van der Waals surface area (Å²) >= 11 is 3.41. The van der Waals surface area contributed by atoms with Crippen LogP contribution in [0.5, 0.6) is 0 Å². The van der Waals surface area contributed by atoms with Crippen molar-refractivity contribution in [1.82, 2.24) is 10.1 Å². The van der Waals surface area contributed by atoms with Gasteiger partial charge in [0.05, 0.1) is 6.04 Å². The van der Waals surface area contributed by atoms with Gasteiger partial charge in [0.25, 0.3) is 5.89 Å². The Labute approximate surface area is 108 Å². The summed E-state index contributed by atoms with van der Waals surface area (Å²) < 4.78 is 6.19. The lowest BCUT2D eigenvalue weighted by atomic mass is 10.2. The van der Waals surface area contributed by atoms with E-state index in [-0.39, 0.29) is 6.04 Å². The maximum atomic E-state index is 5.93. The second-order valence-corrected chi connectivity index (χ2v) is 4.78. The molecule has 0 fully saturated rings. The molecule has 0 saturated heterocycles. The number of benzene rings is 1. The zero-order valence-electron chi connectivity index (χ0n) is 9.56. The van der Waals surface area contributed by atoms with Gasteiger partial charge < -0.3 is 10.3 Å². The van der Waals surface area contributed by atoms with E-state index in [2.05, 4.69) is 33.0 Å². The van der Waals surface area contributed by atoms with Crippen molar-refractivity contribution < 1.29 is 4.52 Å². The van der Waals surface area contributed by atoms with E-state index in [1.165, 1.54) is 0 Å². The summed E-state index contributed by atoms with van der Waals surface area (Å²) in [6.45, 7) is 2.08. The lowest BCUT2D eigenvalue weighted by Gasteiger charge is -2.02. The van der Waals surface area contributed by atoms with Gasteiger partial charge in [0.1, 0.15) is 0 Å². The van der Waals surface area contributed by atoms with Crippen molar-refractivity contribution in [3.05, 3.63) is 34.6 Å². The Kier molecular flexibility index (Phi) is 3.91. The third-order valence-corrected chi connectivity index (χ3v) is 2.94. The van der Waals surface area contributed by atoms with Crippen molar-refractivity contribution >= 4 is 15.9 Å². The first-order valence-corrected chi connectivity index (χ1v) is 6.35. The molecule has 0 amide bonds. The van der Waals surface area contributed by atoms with E-state index in [9.17, 15) is 0 Å². The minimum Gasteiger partial charge on any atom is -0.334 e. The number of hydrogen-bond donors (Lipinski definition) is 1. The van der Waals surface area contributed by atoms with Crippen LogP contribution in [0.25, 0.3) is 11.5 Å². The molecular formula is C12H14BrN3O. The van der Waals surface area contributed by atoms with E-state index in [1.807, 2.05) is 24.3 Å². The quantitative estimate of drug-likeness (QED) is 0.940. The first-order valence-electron chi connectivity index (χ1n) is 5.56. The molecule has 17 heavy (non-hydrogen) atoms. The Morgan fingerprint density at radius 2 is 2.29 bits per heavy atom. The van der Waals surface area contributed by atoms with Crippen LogP contribution in [0.4, 0.5) is 0 Å². The fourth-order valence-corrected chi connectivity index (χ4v) is 1.96. The van der Waals surface area contributed by atoms with Crippen molar-refractivity contribution in [2.75, 3.05) is 0 Å². The first-order chi connectivity index (χ1) is 8.20. The van der Waals surface area contributed by atoms with E-state index >= 15 is 0 Å². The normalized spacial score (nSPS) is 12.6. The lowest BCUT2D eigenvalue weighted by Crippen LogP contribution is -2.11. The van der Waals surface area contributed by atoms with Crippen LogP contribution in [0, 0.1) is 0 Å². The number of rotatable bonds is 4. The molecule has 0 aliphatic rings. The van der Waals surface area contributed by atoms with Crippen LogP contribution in [-0.2, 0) is 0 Å². The Morgan fingerprint density at radius 3 is 3.00 bits per heavy atom. The molecule has 0 aliphatic heterocycles. The molecule has 90 valence electrons. The van der Waals surface area contributed by atoms with Gasteiger partial charge >= 0.3 is 0 Å². The largest absolute Gasteiger partial charge is 0.334 e. The van der Waals surface area contributed by atoms with E-state index in [0.29, 0.717) is 11.7 Å². The highest BCUT2D eigenvalue weighted by atomic mass is 79.9. The summed E-state index contributed by atoms with van der Waals surface area (Å²) in [4.78, 5) is 4.32. The molecule has 1 aromatic heterocycles. The molecule has 0 spiro atoms. The molecule has 1 aromatic carbocycles. The van der Waals surface area contributed by atoms with Gasteiger partial charge in [-0.05, 0) is 24.6 Å². The fourth-order valence-electron chi connectivity index (χ4n) is 1.56. The summed E-state index contributed by atoms with van der Waals surface area (Å²) in [6, 6.07) is 7.58. The molecule has 0 radical (unpaired) electrons. The summed E-state index contributed by atoms with van der Waals surface area (Å²) in [6.07, 6.45) is 1.86.